The molecule has 0 aliphatic carbocycles. The summed E-state index contributed by atoms with van der Waals surface area (Å²) in [6, 6.07) is 8.96. The van der Waals surface area contributed by atoms with Crippen LogP contribution >= 0.6 is 0 Å². The molecule has 22 heavy (non-hydrogen) atoms. The van der Waals surface area contributed by atoms with Gasteiger partial charge in [0.25, 0.3) is 10.1 Å². The Labute approximate surface area is 149 Å². The van der Waals surface area contributed by atoms with E-state index >= 15 is 0 Å². The molecule has 0 fully saturated rings. The molecule has 0 spiro atoms. The van der Waals surface area contributed by atoms with Gasteiger partial charge in [0.1, 0.15) is 4.90 Å². The van der Waals surface area contributed by atoms with E-state index in [1.165, 1.54) is 25.1 Å². The number of allylic oxidation sites excluding steroid dienone is 1. The van der Waals surface area contributed by atoms with Crippen LogP contribution in [0.2, 0.25) is 0 Å². The van der Waals surface area contributed by atoms with Crippen molar-refractivity contribution in [1.29, 1.82) is 0 Å². The summed E-state index contributed by atoms with van der Waals surface area (Å²) in [5, 5.41) is 14.1. The Balaban J connectivity index is 0.00000242. The second kappa shape index (κ2) is 7.26. The number of nitrogens with one attached hydrogen (secondary N) is 1. The van der Waals surface area contributed by atoms with E-state index < -0.39 is 21.8 Å². The van der Waals surface area contributed by atoms with Crippen LogP contribution in [0.1, 0.15) is 6.92 Å². The third-order valence-corrected chi connectivity index (χ3v) is 3.67. The van der Waals surface area contributed by atoms with Gasteiger partial charge in [-0.3, -0.25) is 9.35 Å². The molecular formula is C14H12NNaO5S. The van der Waals surface area contributed by atoms with Crippen LogP contribution in [0.3, 0.4) is 0 Å². The number of fused-ring (bicyclic) bond motifs is 1. The maximum atomic E-state index is 11.6. The minimum Gasteiger partial charge on any atom is -0.875 e. The van der Waals surface area contributed by atoms with Gasteiger partial charge in [0.05, 0.1) is 0 Å². The van der Waals surface area contributed by atoms with Gasteiger partial charge in [0.15, 0.2) is 0 Å². The van der Waals surface area contributed by atoms with Crippen LogP contribution in [-0.2, 0) is 14.9 Å². The molecule has 0 unspecified atom stereocenters. The molecule has 8 heteroatoms. The quantitative estimate of drug-likeness (QED) is 0.302. The average Bonchev–Trinajstić information content (AvgIpc) is 2.36. The number of hydrogen-bond donors (Lipinski definition) is 2. The molecule has 0 bridgehead atoms. The van der Waals surface area contributed by atoms with Gasteiger partial charge in [-0.15, -0.1) is 5.76 Å². The largest absolute Gasteiger partial charge is 1.00 e. The van der Waals surface area contributed by atoms with E-state index in [9.17, 15) is 22.9 Å². The number of amides is 1. The molecule has 0 saturated carbocycles. The van der Waals surface area contributed by atoms with Gasteiger partial charge < -0.3 is 10.4 Å². The zero-order chi connectivity index (χ0) is 15.6. The summed E-state index contributed by atoms with van der Waals surface area (Å²) >= 11 is 0. The first kappa shape index (κ1) is 18.7. The molecule has 110 valence electrons. The van der Waals surface area contributed by atoms with Crippen LogP contribution in [0, 0.1) is 0 Å². The third-order valence-electron chi connectivity index (χ3n) is 2.75. The summed E-state index contributed by atoms with van der Waals surface area (Å²) in [7, 11) is -4.37. The van der Waals surface area contributed by atoms with E-state index in [-0.39, 0.29) is 39.8 Å². The minimum atomic E-state index is -4.37. The number of hydrogen-bond acceptors (Lipinski definition) is 4. The predicted molar refractivity (Wildman–Crippen MR) is 76.1 cm³/mol. The first-order valence-corrected chi connectivity index (χ1v) is 7.38. The van der Waals surface area contributed by atoms with E-state index in [1.54, 1.807) is 18.2 Å². The molecule has 0 radical (unpaired) electrons. The summed E-state index contributed by atoms with van der Waals surface area (Å²) in [5.74, 6) is -1.00. The topological polar surface area (TPSA) is 107 Å². The predicted octanol–water partition coefficient (Wildman–Crippen LogP) is -1.71. The fourth-order valence-corrected chi connectivity index (χ4v) is 2.65. The molecule has 2 rings (SSSR count). The first-order valence-electron chi connectivity index (χ1n) is 5.94. The van der Waals surface area contributed by atoms with Gasteiger partial charge in [-0.2, -0.15) is 8.42 Å². The van der Waals surface area contributed by atoms with Gasteiger partial charge in [-0.1, -0.05) is 31.2 Å². The van der Waals surface area contributed by atoms with Crippen molar-refractivity contribution < 1.29 is 52.4 Å². The van der Waals surface area contributed by atoms with Gasteiger partial charge >= 0.3 is 29.6 Å². The molecule has 0 saturated heterocycles. The standard InChI is InChI=1S/C14H13NO5S.Na/c1-9(16)8-14(17)15-12-6-7-13(21(18,19)20)11-5-3-2-4-10(11)12;/h2-8,16H,1H3,(H,15,17)(H,18,19,20);/q;+1/p-1/b9-8-;. The Kier molecular flexibility index (Phi) is 6.16. The molecule has 0 atom stereocenters. The van der Waals surface area contributed by atoms with E-state index in [0.717, 1.165) is 6.08 Å². The summed E-state index contributed by atoms with van der Waals surface area (Å²) in [6.07, 6.45) is 0.894. The summed E-state index contributed by atoms with van der Waals surface area (Å²) < 4.78 is 31.9. The second-order valence-electron chi connectivity index (χ2n) is 4.38. The number of benzene rings is 2. The van der Waals surface area contributed by atoms with Crippen molar-refractivity contribution in [2.75, 3.05) is 5.32 Å². The zero-order valence-corrected chi connectivity index (χ0v) is 14.8. The fraction of sp³-hybridized carbons (Fsp3) is 0.0714. The smallest absolute Gasteiger partial charge is 0.875 e. The molecule has 2 N–H and O–H groups in total. The Bertz CT molecular complexity index is 841. The molecule has 0 aromatic heterocycles. The summed E-state index contributed by atoms with van der Waals surface area (Å²) in [4.78, 5) is 11.3. The van der Waals surface area contributed by atoms with Crippen LogP contribution in [0.25, 0.3) is 10.8 Å². The summed E-state index contributed by atoms with van der Waals surface area (Å²) in [5.41, 5.74) is 0.348. The Morgan fingerprint density at radius 2 is 1.77 bits per heavy atom. The van der Waals surface area contributed by atoms with Gasteiger partial charge in [0.2, 0.25) is 5.91 Å². The Morgan fingerprint density at radius 3 is 2.32 bits per heavy atom. The molecule has 0 aliphatic rings. The molecular weight excluding hydrogens is 317 g/mol. The third kappa shape index (κ3) is 4.31. The normalized spacial score (nSPS) is 11.8. The fourth-order valence-electron chi connectivity index (χ4n) is 1.96. The van der Waals surface area contributed by atoms with Gasteiger partial charge in [0, 0.05) is 16.5 Å². The van der Waals surface area contributed by atoms with Crippen molar-refractivity contribution in [3.05, 3.63) is 48.2 Å². The number of rotatable bonds is 3. The molecule has 6 nitrogen and oxygen atoms in total. The Morgan fingerprint density at radius 1 is 1.18 bits per heavy atom. The average molecular weight is 329 g/mol. The summed E-state index contributed by atoms with van der Waals surface area (Å²) in [6.45, 7) is 1.25. The zero-order valence-electron chi connectivity index (χ0n) is 12.0. The van der Waals surface area contributed by atoms with Gasteiger partial charge in [-0.25, -0.2) is 0 Å². The van der Waals surface area contributed by atoms with Crippen molar-refractivity contribution in [2.24, 2.45) is 0 Å². The molecule has 0 aliphatic heterocycles. The van der Waals surface area contributed by atoms with Crippen LogP contribution in [0.5, 0.6) is 0 Å². The van der Waals surface area contributed by atoms with Crippen LogP contribution in [-0.4, -0.2) is 18.9 Å². The van der Waals surface area contributed by atoms with Gasteiger partial charge in [-0.05, 0) is 18.2 Å². The monoisotopic (exact) mass is 329 g/mol. The maximum absolute atomic E-state index is 11.6. The molecule has 2 aromatic carbocycles. The van der Waals surface area contributed by atoms with Crippen LogP contribution in [0.15, 0.2) is 53.1 Å². The first-order chi connectivity index (χ1) is 9.79. The van der Waals surface area contributed by atoms with Crippen molar-refractivity contribution >= 4 is 32.5 Å². The van der Waals surface area contributed by atoms with Crippen molar-refractivity contribution in [3.63, 3.8) is 0 Å². The molecule has 0 heterocycles. The van der Waals surface area contributed by atoms with Crippen LogP contribution < -0.4 is 40.0 Å². The second-order valence-corrected chi connectivity index (χ2v) is 5.77. The molecule has 2 aromatic rings. The van der Waals surface area contributed by atoms with E-state index in [0.29, 0.717) is 11.1 Å². The van der Waals surface area contributed by atoms with Crippen molar-refractivity contribution in [2.45, 2.75) is 11.8 Å². The SMILES string of the molecule is C/C([O-])=C/C(=O)Nc1ccc(S(=O)(=O)O)c2ccccc12.[Na+]. The maximum Gasteiger partial charge on any atom is 1.00 e. The van der Waals surface area contributed by atoms with Crippen LogP contribution in [0.4, 0.5) is 5.69 Å². The van der Waals surface area contributed by atoms with E-state index in [4.69, 9.17) is 0 Å². The minimum absolute atomic E-state index is 0. The van der Waals surface area contributed by atoms with Crippen molar-refractivity contribution in [3.8, 4) is 0 Å². The number of anilines is 1. The Hall–Kier alpha value is -1.38. The number of carbonyl (C=O) groups excluding carboxylic acids is 1. The van der Waals surface area contributed by atoms with E-state index in [2.05, 4.69) is 5.32 Å². The van der Waals surface area contributed by atoms with E-state index in [1.807, 2.05) is 0 Å². The number of carbonyl (C=O) groups is 1. The molecule has 1 amide bonds. The van der Waals surface area contributed by atoms with Crippen molar-refractivity contribution in [1.82, 2.24) is 0 Å².